The molecule has 0 atom stereocenters. The average molecular weight is 333 g/mol. The summed E-state index contributed by atoms with van der Waals surface area (Å²) in [5, 5.41) is 8.98. The summed E-state index contributed by atoms with van der Waals surface area (Å²) in [5.41, 5.74) is 0. The van der Waals surface area contributed by atoms with Crippen LogP contribution in [0, 0.1) is 0 Å². The summed E-state index contributed by atoms with van der Waals surface area (Å²) in [6.07, 6.45) is 1.81. The van der Waals surface area contributed by atoms with Gasteiger partial charge in [-0.05, 0) is 12.1 Å². The lowest BCUT2D eigenvalue weighted by molar-refractivity contribution is -0.133. The highest BCUT2D eigenvalue weighted by Crippen LogP contribution is 2.13. The number of carbonyl (C=O) groups is 1. The van der Waals surface area contributed by atoms with Crippen LogP contribution in [0.1, 0.15) is 0 Å². The Hall–Kier alpha value is -1.70. The molecule has 0 spiro atoms. The van der Waals surface area contributed by atoms with Gasteiger partial charge < -0.3 is 14.9 Å². The van der Waals surface area contributed by atoms with Crippen molar-refractivity contribution in [2.45, 2.75) is 0 Å². The predicted octanol–water partition coefficient (Wildman–Crippen LogP) is -0.660. The first-order valence-electron chi connectivity index (χ1n) is 8.75. The Morgan fingerprint density at radius 1 is 1.00 bits per heavy atom. The van der Waals surface area contributed by atoms with Gasteiger partial charge in [0, 0.05) is 65.1 Å². The fourth-order valence-corrected chi connectivity index (χ4v) is 3.33. The Bertz CT molecular complexity index is 511. The molecule has 132 valence electrons. The van der Waals surface area contributed by atoms with E-state index in [2.05, 4.69) is 19.7 Å². The number of anilines is 1. The number of amides is 1. The molecule has 0 bridgehead atoms. The molecule has 0 radical (unpaired) electrons. The zero-order valence-electron chi connectivity index (χ0n) is 14.2. The Morgan fingerprint density at radius 2 is 1.71 bits per heavy atom. The predicted molar refractivity (Wildman–Crippen MR) is 93.0 cm³/mol. The molecule has 0 aliphatic carbocycles. The number of pyridine rings is 1. The van der Waals surface area contributed by atoms with Gasteiger partial charge in [0.2, 0.25) is 5.91 Å². The maximum atomic E-state index is 12.5. The van der Waals surface area contributed by atoms with Crippen molar-refractivity contribution < 1.29 is 9.90 Å². The molecule has 0 aromatic carbocycles. The molecule has 3 heterocycles. The molecule has 3 rings (SSSR count). The molecular weight excluding hydrogens is 306 g/mol. The molecule has 0 unspecified atom stereocenters. The Balaban J connectivity index is 1.41. The van der Waals surface area contributed by atoms with Gasteiger partial charge in [0.25, 0.3) is 0 Å². The molecular formula is C17H27N5O2. The number of hydrogen-bond acceptors (Lipinski definition) is 6. The van der Waals surface area contributed by atoms with E-state index in [0.717, 1.165) is 64.7 Å². The van der Waals surface area contributed by atoms with E-state index in [0.29, 0.717) is 6.54 Å². The van der Waals surface area contributed by atoms with Crippen molar-refractivity contribution in [1.82, 2.24) is 19.7 Å². The first-order valence-corrected chi connectivity index (χ1v) is 8.75. The van der Waals surface area contributed by atoms with E-state index in [-0.39, 0.29) is 12.5 Å². The van der Waals surface area contributed by atoms with E-state index in [1.54, 1.807) is 0 Å². The van der Waals surface area contributed by atoms with E-state index in [4.69, 9.17) is 5.11 Å². The summed E-state index contributed by atoms with van der Waals surface area (Å²) in [6.45, 7) is 8.33. The van der Waals surface area contributed by atoms with E-state index < -0.39 is 0 Å². The number of carbonyl (C=O) groups excluding carboxylic acids is 1. The number of β-amino-alcohol motifs (C(OH)–C–C–N with tert-alkyl or cyclic N) is 1. The summed E-state index contributed by atoms with van der Waals surface area (Å²) in [6, 6.07) is 5.93. The quantitative estimate of drug-likeness (QED) is 0.772. The van der Waals surface area contributed by atoms with Gasteiger partial charge in [-0.3, -0.25) is 14.6 Å². The van der Waals surface area contributed by atoms with Gasteiger partial charge in [0.15, 0.2) is 0 Å². The minimum atomic E-state index is 0.208. The number of aliphatic hydroxyl groups excluding tert-OH is 1. The first-order chi connectivity index (χ1) is 11.8. The van der Waals surface area contributed by atoms with Crippen molar-refractivity contribution in [2.24, 2.45) is 0 Å². The number of hydrogen-bond donors (Lipinski definition) is 1. The highest BCUT2D eigenvalue weighted by atomic mass is 16.3. The second-order valence-corrected chi connectivity index (χ2v) is 6.40. The molecule has 1 amide bonds. The second kappa shape index (κ2) is 8.41. The van der Waals surface area contributed by atoms with E-state index in [9.17, 15) is 4.79 Å². The van der Waals surface area contributed by atoms with E-state index >= 15 is 0 Å². The lowest BCUT2D eigenvalue weighted by Gasteiger charge is -2.38. The smallest absolute Gasteiger partial charge is 0.236 e. The van der Waals surface area contributed by atoms with Crippen LogP contribution in [0.25, 0.3) is 0 Å². The van der Waals surface area contributed by atoms with Crippen molar-refractivity contribution in [2.75, 3.05) is 77.0 Å². The van der Waals surface area contributed by atoms with Crippen molar-refractivity contribution in [1.29, 1.82) is 0 Å². The third kappa shape index (κ3) is 4.43. The third-order valence-electron chi connectivity index (χ3n) is 4.85. The van der Waals surface area contributed by atoms with Gasteiger partial charge in [-0.25, -0.2) is 4.98 Å². The summed E-state index contributed by atoms with van der Waals surface area (Å²) in [4.78, 5) is 25.6. The maximum Gasteiger partial charge on any atom is 0.236 e. The number of nitrogens with zero attached hydrogens (tertiary/aromatic N) is 5. The summed E-state index contributed by atoms with van der Waals surface area (Å²) >= 11 is 0. The van der Waals surface area contributed by atoms with Crippen LogP contribution in [0.5, 0.6) is 0 Å². The van der Waals surface area contributed by atoms with Crippen LogP contribution < -0.4 is 4.90 Å². The van der Waals surface area contributed by atoms with Crippen LogP contribution in [0.2, 0.25) is 0 Å². The molecule has 0 saturated carbocycles. The minimum Gasteiger partial charge on any atom is -0.395 e. The molecule has 1 aromatic heterocycles. The average Bonchev–Trinajstić information content (AvgIpc) is 2.64. The Labute approximate surface area is 143 Å². The van der Waals surface area contributed by atoms with Crippen LogP contribution in [0.15, 0.2) is 24.4 Å². The molecule has 2 fully saturated rings. The van der Waals surface area contributed by atoms with Crippen LogP contribution >= 0.6 is 0 Å². The van der Waals surface area contributed by atoms with Gasteiger partial charge in [0.1, 0.15) is 5.82 Å². The summed E-state index contributed by atoms with van der Waals surface area (Å²) in [5.74, 6) is 1.22. The summed E-state index contributed by atoms with van der Waals surface area (Å²) < 4.78 is 0. The van der Waals surface area contributed by atoms with Crippen molar-refractivity contribution in [3.8, 4) is 0 Å². The van der Waals surface area contributed by atoms with Crippen molar-refractivity contribution in [3.05, 3.63) is 24.4 Å². The van der Waals surface area contributed by atoms with Gasteiger partial charge in [-0.1, -0.05) is 6.07 Å². The highest BCUT2D eigenvalue weighted by molar-refractivity contribution is 5.78. The minimum absolute atomic E-state index is 0.208. The van der Waals surface area contributed by atoms with Gasteiger partial charge in [-0.15, -0.1) is 0 Å². The molecule has 2 aliphatic rings. The molecule has 24 heavy (non-hydrogen) atoms. The SMILES string of the molecule is O=C(CN1CCN(CCO)CC1)N1CCN(c2ccccn2)CC1. The summed E-state index contributed by atoms with van der Waals surface area (Å²) in [7, 11) is 0. The fourth-order valence-electron chi connectivity index (χ4n) is 3.33. The van der Waals surface area contributed by atoms with Gasteiger partial charge in [0.05, 0.1) is 13.2 Å². The number of piperazine rings is 2. The second-order valence-electron chi connectivity index (χ2n) is 6.40. The van der Waals surface area contributed by atoms with Crippen molar-refractivity contribution in [3.63, 3.8) is 0 Å². The molecule has 7 heteroatoms. The van der Waals surface area contributed by atoms with E-state index in [1.807, 2.05) is 29.3 Å². The number of aliphatic hydroxyl groups is 1. The Morgan fingerprint density at radius 3 is 2.33 bits per heavy atom. The normalized spacial score (nSPS) is 20.4. The zero-order chi connectivity index (χ0) is 16.8. The topological polar surface area (TPSA) is 63.2 Å². The monoisotopic (exact) mass is 333 g/mol. The molecule has 1 aromatic rings. The lowest BCUT2D eigenvalue weighted by Crippen LogP contribution is -2.54. The van der Waals surface area contributed by atoms with Crippen molar-refractivity contribution >= 4 is 11.7 Å². The largest absolute Gasteiger partial charge is 0.395 e. The maximum absolute atomic E-state index is 12.5. The van der Waals surface area contributed by atoms with Crippen LogP contribution in [-0.2, 0) is 4.79 Å². The molecule has 2 saturated heterocycles. The molecule has 7 nitrogen and oxygen atoms in total. The zero-order valence-corrected chi connectivity index (χ0v) is 14.2. The lowest BCUT2D eigenvalue weighted by atomic mass is 10.2. The molecule has 1 N–H and O–H groups in total. The highest BCUT2D eigenvalue weighted by Gasteiger charge is 2.24. The van der Waals surface area contributed by atoms with Crippen LogP contribution in [-0.4, -0.2) is 103 Å². The number of rotatable bonds is 5. The van der Waals surface area contributed by atoms with E-state index in [1.165, 1.54) is 0 Å². The third-order valence-corrected chi connectivity index (χ3v) is 4.85. The van der Waals surface area contributed by atoms with Gasteiger partial charge >= 0.3 is 0 Å². The molecule has 2 aliphatic heterocycles. The van der Waals surface area contributed by atoms with Crippen LogP contribution in [0.4, 0.5) is 5.82 Å². The number of aromatic nitrogens is 1. The van der Waals surface area contributed by atoms with Gasteiger partial charge in [-0.2, -0.15) is 0 Å². The fraction of sp³-hybridized carbons (Fsp3) is 0.647. The first kappa shape index (κ1) is 17.1. The Kier molecular flexibility index (Phi) is 6.01. The standard InChI is InChI=1S/C17H27N5O2/c23-14-13-19-5-7-20(8-6-19)15-17(24)22-11-9-21(10-12-22)16-3-1-2-4-18-16/h1-4,23H,5-15H2. The van der Waals surface area contributed by atoms with Crippen LogP contribution in [0.3, 0.4) is 0 Å².